The molecule has 0 bridgehead atoms. The quantitative estimate of drug-likeness (QED) is 0.591. The lowest BCUT2D eigenvalue weighted by atomic mass is 9.68. The number of nitriles is 1. The fraction of sp³-hybridized carbons (Fsp3) is 0.500. The van der Waals surface area contributed by atoms with Crippen LogP contribution in [0.5, 0.6) is 0 Å². The van der Waals surface area contributed by atoms with E-state index in [0.29, 0.717) is 23.9 Å². The van der Waals surface area contributed by atoms with Crippen LogP contribution >= 0.6 is 0 Å². The van der Waals surface area contributed by atoms with Crippen molar-refractivity contribution in [2.24, 2.45) is 5.41 Å². The van der Waals surface area contributed by atoms with Gasteiger partial charge in [0, 0.05) is 18.5 Å². The van der Waals surface area contributed by atoms with Gasteiger partial charge < -0.3 is 13.8 Å². The number of ether oxygens (including phenoxy) is 1. The maximum atomic E-state index is 12.8. The van der Waals surface area contributed by atoms with E-state index >= 15 is 0 Å². The van der Waals surface area contributed by atoms with Gasteiger partial charge in [-0.3, -0.25) is 0 Å². The molecule has 1 spiro atoms. The molecule has 0 radical (unpaired) electrons. The Morgan fingerprint density at radius 2 is 2.16 bits per heavy atom. The van der Waals surface area contributed by atoms with Gasteiger partial charge in [0.2, 0.25) is 5.88 Å². The van der Waals surface area contributed by atoms with Gasteiger partial charge in [-0.25, -0.2) is 14.7 Å². The predicted octanol–water partition coefficient (Wildman–Crippen LogP) is 4.75. The van der Waals surface area contributed by atoms with Crippen molar-refractivity contribution < 1.29 is 14.1 Å². The second-order valence-corrected chi connectivity index (χ2v) is 10.0. The van der Waals surface area contributed by atoms with Crippen LogP contribution in [0.25, 0.3) is 11.0 Å². The summed E-state index contributed by atoms with van der Waals surface area (Å²) in [5.41, 5.74) is 2.82. The van der Waals surface area contributed by atoms with E-state index in [1.807, 2.05) is 24.5 Å². The molecule has 2 aromatic heterocycles. The second kappa shape index (κ2) is 6.83. The first-order chi connectivity index (χ1) is 15.5. The third kappa shape index (κ3) is 3.24. The molecular formula is C24H25N5O3. The average Bonchev–Trinajstić information content (AvgIpc) is 3.25. The minimum absolute atomic E-state index is 0.0641. The maximum Gasteiger partial charge on any atom is 0.417 e. The van der Waals surface area contributed by atoms with Crippen LogP contribution in [0, 0.1) is 16.7 Å². The molecule has 164 valence electrons. The number of fused-ring (bicyclic) bond motifs is 1. The molecule has 0 N–H and O–H groups in total. The summed E-state index contributed by atoms with van der Waals surface area (Å²) in [5, 5.41) is 13.4. The van der Waals surface area contributed by atoms with Gasteiger partial charge in [-0.05, 0) is 62.1 Å². The van der Waals surface area contributed by atoms with Crippen molar-refractivity contribution in [3.05, 3.63) is 41.9 Å². The SMILES string of the molecule is C[C@]1(Cn2cnc3ccc(C#N)cc32)CCC[C@@]2(CN(c3cc(C4CC4)no3)C(=O)O2)C1. The Balaban J connectivity index is 1.24. The summed E-state index contributed by atoms with van der Waals surface area (Å²) in [4.78, 5) is 18.9. The van der Waals surface area contributed by atoms with Crippen LogP contribution in [-0.4, -0.2) is 32.9 Å². The molecule has 1 aliphatic heterocycles. The highest BCUT2D eigenvalue weighted by Crippen LogP contribution is 2.48. The van der Waals surface area contributed by atoms with E-state index in [1.54, 1.807) is 11.0 Å². The number of benzene rings is 1. The van der Waals surface area contributed by atoms with Crippen molar-refractivity contribution >= 4 is 23.0 Å². The van der Waals surface area contributed by atoms with Crippen molar-refractivity contribution in [1.29, 1.82) is 5.26 Å². The van der Waals surface area contributed by atoms with Crippen LogP contribution in [-0.2, 0) is 11.3 Å². The third-order valence-corrected chi connectivity index (χ3v) is 7.21. The molecule has 0 unspecified atom stereocenters. The molecule has 8 heteroatoms. The molecule has 2 aliphatic carbocycles. The van der Waals surface area contributed by atoms with E-state index in [-0.39, 0.29) is 11.5 Å². The zero-order valence-corrected chi connectivity index (χ0v) is 18.1. The van der Waals surface area contributed by atoms with E-state index in [2.05, 4.69) is 27.7 Å². The van der Waals surface area contributed by atoms with Gasteiger partial charge >= 0.3 is 6.09 Å². The Morgan fingerprint density at radius 1 is 1.28 bits per heavy atom. The molecule has 8 nitrogen and oxygen atoms in total. The van der Waals surface area contributed by atoms with Gasteiger partial charge in [0.25, 0.3) is 0 Å². The number of amides is 1. The number of aromatic nitrogens is 3. The fourth-order valence-corrected chi connectivity index (χ4v) is 5.58. The summed E-state index contributed by atoms with van der Waals surface area (Å²) < 4.78 is 13.6. The minimum atomic E-state index is -0.523. The van der Waals surface area contributed by atoms with E-state index < -0.39 is 5.60 Å². The molecule has 2 atom stereocenters. The van der Waals surface area contributed by atoms with Crippen LogP contribution in [0.4, 0.5) is 10.7 Å². The number of nitrogens with zero attached hydrogens (tertiary/aromatic N) is 5. The smallest absolute Gasteiger partial charge is 0.417 e. The van der Waals surface area contributed by atoms with Crippen molar-refractivity contribution in [2.75, 3.05) is 11.4 Å². The number of hydrogen-bond donors (Lipinski definition) is 0. The highest BCUT2D eigenvalue weighted by atomic mass is 16.6. The second-order valence-electron chi connectivity index (χ2n) is 10.0. The van der Waals surface area contributed by atoms with Crippen LogP contribution < -0.4 is 4.90 Å². The fourth-order valence-electron chi connectivity index (χ4n) is 5.58. The summed E-state index contributed by atoms with van der Waals surface area (Å²) in [6.07, 6.45) is 7.41. The number of imidazole rings is 1. The van der Waals surface area contributed by atoms with Gasteiger partial charge in [0.1, 0.15) is 5.60 Å². The predicted molar refractivity (Wildman–Crippen MR) is 116 cm³/mol. The van der Waals surface area contributed by atoms with Gasteiger partial charge in [0.05, 0.1) is 41.2 Å². The standard InChI is InChI=1S/C24H25N5O3/c1-23(13-28-15-26-18-6-3-16(11-25)9-20(18)28)7-2-8-24(12-23)14-29(22(30)31-24)21-10-19(27-32-21)17-4-5-17/h3,6,9-10,15,17H,2,4-5,7-8,12-14H2,1H3/t23-,24-/m0/s1. The van der Waals surface area contributed by atoms with Crippen LogP contribution in [0.15, 0.2) is 35.1 Å². The first kappa shape index (κ1) is 19.4. The highest BCUT2D eigenvalue weighted by Gasteiger charge is 2.52. The van der Waals surface area contributed by atoms with Gasteiger partial charge in [0.15, 0.2) is 0 Å². The van der Waals surface area contributed by atoms with Gasteiger partial charge in [-0.15, -0.1) is 0 Å². The maximum absolute atomic E-state index is 12.8. The topological polar surface area (TPSA) is 97.2 Å². The van der Waals surface area contributed by atoms with Crippen molar-refractivity contribution in [1.82, 2.24) is 14.7 Å². The monoisotopic (exact) mass is 431 g/mol. The first-order valence-electron chi connectivity index (χ1n) is 11.3. The molecule has 6 rings (SSSR count). The number of anilines is 1. The molecule has 1 amide bonds. The van der Waals surface area contributed by atoms with Crippen LogP contribution in [0.1, 0.15) is 62.6 Å². The molecular weight excluding hydrogens is 406 g/mol. The van der Waals surface area contributed by atoms with E-state index in [0.717, 1.165) is 61.8 Å². The van der Waals surface area contributed by atoms with Crippen molar-refractivity contribution in [3.63, 3.8) is 0 Å². The van der Waals surface area contributed by atoms with Gasteiger partial charge in [-0.2, -0.15) is 5.26 Å². The number of carbonyl (C=O) groups is 1. The summed E-state index contributed by atoms with van der Waals surface area (Å²) in [6.45, 7) is 3.50. The average molecular weight is 431 g/mol. The molecule has 3 aliphatic rings. The first-order valence-corrected chi connectivity index (χ1v) is 11.3. The molecule has 32 heavy (non-hydrogen) atoms. The summed E-state index contributed by atoms with van der Waals surface area (Å²) in [7, 11) is 0. The Labute approximate surface area is 185 Å². The number of carbonyl (C=O) groups excluding carboxylic acids is 1. The Bertz CT molecular complexity index is 1250. The number of hydrogen-bond acceptors (Lipinski definition) is 6. The largest absolute Gasteiger partial charge is 0.441 e. The van der Waals surface area contributed by atoms with Crippen molar-refractivity contribution in [3.8, 4) is 6.07 Å². The summed E-state index contributed by atoms with van der Waals surface area (Å²) in [6, 6.07) is 9.67. The summed E-state index contributed by atoms with van der Waals surface area (Å²) in [5.74, 6) is 0.968. The molecule has 1 aromatic carbocycles. The molecule has 2 saturated carbocycles. The zero-order chi connectivity index (χ0) is 21.9. The van der Waals surface area contributed by atoms with Gasteiger partial charge in [-0.1, -0.05) is 12.1 Å². The highest BCUT2D eigenvalue weighted by molar-refractivity contribution is 5.88. The van der Waals surface area contributed by atoms with Crippen LogP contribution in [0.3, 0.4) is 0 Å². The zero-order valence-electron chi connectivity index (χ0n) is 18.1. The summed E-state index contributed by atoms with van der Waals surface area (Å²) >= 11 is 0. The Hall–Kier alpha value is -3.34. The lowest BCUT2D eigenvalue weighted by Gasteiger charge is -2.43. The normalized spacial score (nSPS) is 27.8. The Kier molecular flexibility index (Phi) is 4.13. The number of rotatable bonds is 4. The molecule has 3 heterocycles. The molecule has 3 fully saturated rings. The molecule has 3 aromatic rings. The molecule has 1 saturated heterocycles. The van der Waals surface area contributed by atoms with Crippen LogP contribution in [0.2, 0.25) is 0 Å². The van der Waals surface area contributed by atoms with E-state index in [4.69, 9.17) is 9.26 Å². The lowest BCUT2D eigenvalue weighted by Crippen LogP contribution is -2.45. The van der Waals surface area contributed by atoms with Crippen molar-refractivity contribution in [2.45, 2.75) is 63.5 Å². The van der Waals surface area contributed by atoms with E-state index in [9.17, 15) is 10.1 Å². The third-order valence-electron chi connectivity index (χ3n) is 7.21. The Morgan fingerprint density at radius 3 is 2.97 bits per heavy atom. The van der Waals surface area contributed by atoms with E-state index in [1.165, 1.54) is 0 Å². The minimum Gasteiger partial charge on any atom is -0.441 e. The lowest BCUT2D eigenvalue weighted by molar-refractivity contribution is -0.0264.